The van der Waals surface area contributed by atoms with E-state index < -0.39 is 5.51 Å². The fourth-order valence-corrected chi connectivity index (χ4v) is 2.72. The minimum absolute atomic E-state index is 0.0214. The number of hydrogen-bond acceptors (Lipinski definition) is 2. The average molecular weight is 364 g/mol. The first-order chi connectivity index (χ1) is 11.5. The van der Waals surface area contributed by atoms with Crippen molar-refractivity contribution < 1.29 is 18.0 Å². The normalized spacial score (nSPS) is 12.6. The number of hydrogen-bond donors (Lipinski definition) is 0. The Labute approximate surface area is 149 Å². The lowest BCUT2D eigenvalue weighted by Gasteiger charge is -2.18. The number of carbonyl (C=O) groups excluding carboxylic acids is 1. The van der Waals surface area contributed by atoms with Gasteiger partial charge in [0, 0.05) is 10.5 Å². The maximum absolute atomic E-state index is 12.3. The fraction of sp³-hybridized carbons (Fsp3) is 0.250. The fourth-order valence-electron chi connectivity index (χ4n) is 2.18. The molecule has 25 heavy (non-hydrogen) atoms. The van der Waals surface area contributed by atoms with Crippen LogP contribution in [0.5, 0.6) is 0 Å². The smallest absolute Gasteiger partial charge is 0.289 e. The van der Waals surface area contributed by atoms with Crippen molar-refractivity contribution in [2.75, 3.05) is 0 Å². The van der Waals surface area contributed by atoms with E-state index in [9.17, 15) is 18.0 Å². The number of ketones is 1. The van der Waals surface area contributed by atoms with Crippen LogP contribution >= 0.6 is 11.8 Å². The third-order valence-corrected chi connectivity index (χ3v) is 4.32. The molecule has 0 atom stereocenters. The first-order valence-corrected chi connectivity index (χ1v) is 8.55. The third kappa shape index (κ3) is 6.09. The second-order valence-electron chi connectivity index (χ2n) is 6.64. The van der Waals surface area contributed by atoms with Crippen LogP contribution in [-0.2, 0) is 5.41 Å². The summed E-state index contributed by atoms with van der Waals surface area (Å²) in [6, 6.07) is 13.3. The van der Waals surface area contributed by atoms with Crippen molar-refractivity contribution in [3.05, 3.63) is 71.3 Å². The van der Waals surface area contributed by atoms with Crippen LogP contribution in [0.3, 0.4) is 0 Å². The van der Waals surface area contributed by atoms with Crippen LogP contribution in [0.1, 0.15) is 42.3 Å². The Morgan fingerprint density at radius 3 is 1.96 bits per heavy atom. The molecule has 0 aliphatic rings. The standard InChI is InChI=1S/C20H19F3OS/c1-19(2,3)16-9-7-15(8-10-16)18(24)13-6-14-4-11-17(12-5-14)25-20(21,22)23/h4-13H,1-3H3. The highest BCUT2D eigenvalue weighted by molar-refractivity contribution is 8.00. The molecule has 2 rings (SSSR count). The molecule has 2 aromatic carbocycles. The van der Waals surface area contributed by atoms with Gasteiger partial charge in [-0.2, -0.15) is 13.2 Å². The van der Waals surface area contributed by atoms with Gasteiger partial charge >= 0.3 is 5.51 Å². The number of alkyl halides is 3. The largest absolute Gasteiger partial charge is 0.446 e. The molecule has 0 bridgehead atoms. The van der Waals surface area contributed by atoms with E-state index in [1.54, 1.807) is 30.3 Å². The van der Waals surface area contributed by atoms with Crippen molar-refractivity contribution in [3.63, 3.8) is 0 Å². The Bertz CT molecular complexity index is 752. The second-order valence-corrected chi connectivity index (χ2v) is 7.78. The molecular weight excluding hydrogens is 345 g/mol. The zero-order chi connectivity index (χ0) is 18.7. The van der Waals surface area contributed by atoms with Crippen molar-refractivity contribution >= 4 is 23.6 Å². The number of allylic oxidation sites excluding steroid dienone is 1. The van der Waals surface area contributed by atoms with Gasteiger partial charge in [-0.1, -0.05) is 63.2 Å². The molecule has 1 nitrogen and oxygen atoms in total. The molecule has 0 saturated carbocycles. The van der Waals surface area contributed by atoms with Crippen molar-refractivity contribution in [1.82, 2.24) is 0 Å². The van der Waals surface area contributed by atoms with Gasteiger partial charge in [0.2, 0.25) is 0 Å². The molecule has 0 heterocycles. The molecule has 0 aliphatic heterocycles. The van der Waals surface area contributed by atoms with Crippen LogP contribution in [0.2, 0.25) is 0 Å². The predicted molar refractivity (Wildman–Crippen MR) is 96.9 cm³/mol. The number of halogens is 3. The van der Waals surface area contributed by atoms with E-state index in [1.165, 1.54) is 18.2 Å². The highest BCUT2D eigenvalue weighted by Gasteiger charge is 2.28. The van der Waals surface area contributed by atoms with E-state index in [0.717, 1.165) is 5.56 Å². The van der Waals surface area contributed by atoms with Crippen molar-refractivity contribution in [3.8, 4) is 0 Å². The Morgan fingerprint density at radius 1 is 0.920 bits per heavy atom. The molecule has 0 amide bonds. The maximum atomic E-state index is 12.3. The summed E-state index contributed by atoms with van der Waals surface area (Å²) in [4.78, 5) is 12.3. The van der Waals surface area contributed by atoms with Gasteiger partial charge in [0.1, 0.15) is 0 Å². The Kier molecular flexibility index (Phi) is 5.78. The zero-order valence-corrected chi connectivity index (χ0v) is 15.0. The van der Waals surface area contributed by atoms with E-state index in [-0.39, 0.29) is 27.9 Å². The van der Waals surface area contributed by atoms with Crippen LogP contribution in [0.15, 0.2) is 59.5 Å². The topological polar surface area (TPSA) is 17.1 Å². The molecule has 0 saturated heterocycles. The number of thioether (sulfide) groups is 1. The van der Waals surface area contributed by atoms with E-state index in [0.29, 0.717) is 11.1 Å². The maximum Gasteiger partial charge on any atom is 0.446 e. The van der Waals surface area contributed by atoms with Crippen LogP contribution in [-0.4, -0.2) is 11.3 Å². The van der Waals surface area contributed by atoms with Crippen LogP contribution in [0, 0.1) is 0 Å². The highest BCUT2D eigenvalue weighted by atomic mass is 32.2. The third-order valence-electron chi connectivity index (χ3n) is 3.58. The summed E-state index contributed by atoms with van der Waals surface area (Å²) in [5.41, 5.74) is -1.88. The van der Waals surface area contributed by atoms with Crippen molar-refractivity contribution in [2.24, 2.45) is 0 Å². The Morgan fingerprint density at radius 2 is 1.48 bits per heavy atom. The zero-order valence-electron chi connectivity index (χ0n) is 14.2. The summed E-state index contributed by atoms with van der Waals surface area (Å²) in [6.45, 7) is 6.30. The molecule has 0 aromatic heterocycles. The van der Waals surface area contributed by atoms with Gasteiger partial charge in [0.15, 0.2) is 5.78 Å². The van der Waals surface area contributed by atoms with Crippen LogP contribution < -0.4 is 0 Å². The van der Waals surface area contributed by atoms with Gasteiger partial charge in [-0.05, 0) is 46.5 Å². The molecule has 132 valence electrons. The molecule has 0 spiro atoms. The Hall–Kier alpha value is -2.01. The lowest BCUT2D eigenvalue weighted by molar-refractivity contribution is -0.0328. The van der Waals surface area contributed by atoms with Gasteiger partial charge in [-0.15, -0.1) is 0 Å². The number of rotatable bonds is 4. The van der Waals surface area contributed by atoms with E-state index in [4.69, 9.17) is 0 Å². The number of carbonyl (C=O) groups is 1. The number of benzene rings is 2. The van der Waals surface area contributed by atoms with E-state index in [1.807, 2.05) is 12.1 Å². The first kappa shape index (κ1) is 19.3. The van der Waals surface area contributed by atoms with Gasteiger partial charge in [0.05, 0.1) is 0 Å². The Balaban J connectivity index is 2.05. The summed E-state index contributed by atoms with van der Waals surface area (Å²) in [7, 11) is 0. The minimum Gasteiger partial charge on any atom is -0.289 e. The molecule has 0 fully saturated rings. The molecule has 0 aliphatic carbocycles. The van der Waals surface area contributed by atoms with Crippen molar-refractivity contribution in [2.45, 2.75) is 36.6 Å². The first-order valence-electron chi connectivity index (χ1n) is 7.73. The molecule has 2 aromatic rings. The second kappa shape index (κ2) is 7.48. The SMILES string of the molecule is CC(C)(C)c1ccc(C(=O)C=Cc2ccc(SC(F)(F)F)cc2)cc1. The van der Waals surface area contributed by atoms with Gasteiger partial charge < -0.3 is 0 Å². The van der Waals surface area contributed by atoms with E-state index in [2.05, 4.69) is 20.8 Å². The monoisotopic (exact) mass is 364 g/mol. The summed E-state index contributed by atoms with van der Waals surface area (Å²) in [5, 5.41) is 0. The van der Waals surface area contributed by atoms with Gasteiger partial charge in [-0.3, -0.25) is 4.79 Å². The lowest BCUT2D eigenvalue weighted by atomic mass is 9.86. The molecule has 0 N–H and O–H groups in total. The van der Waals surface area contributed by atoms with Gasteiger partial charge in [0.25, 0.3) is 0 Å². The molecule has 0 radical (unpaired) electrons. The highest BCUT2D eigenvalue weighted by Crippen LogP contribution is 2.36. The van der Waals surface area contributed by atoms with Crippen LogP contribution in [0.4, 0.5) is 13.2 Å². The van der Waals surface area contributed by atoms with Crippen LogP contribution in [0.25, 0.3) is 6.08 Å². The minimum atomic E-state index is -4.30. The van der Waals surface area contributed by atoms with E-state index >= 15 is 0 Å². The summed E-state index contributed by atoms with van der Waals surface area (Å²) in [5.74, 6) is -0.144. The molecule has 5 heteroatoms. The lowest BCUT2D eigenvalue weighted by Crippen LogP contribution is -2.11. The average Bonchev–Trinajstić information content (AvgIpc) is 2.52. The molecular formula is C20H19F3OS. The summed E-state index contributed by atoms with van der Waals surface area (Å²) in [6.07, 6.45) is 3.03. The van der Waals surface area contributed by atoms with Gasteiger partial charge in [-0.25, -0.2) is 0 Å². The quantitative estimate of drug-likeness (QED) is 0.350. The predicted octanol–water partition coefficient (Wildman–Crippen LogP) is 6.49. The van der Waals surface area contributed by atoms with Crippen molar-refractivity contribution in [1.29, 1.82) is 0 Å². The summed E-state index contributed by atoms with van der Waals surface area (Å²) < 4.78 is 36.9. The molecule has 0 unspecified atom stereocenters. The summed E-state index contributed by atoms with van der Waals surface area (Å²) >= 11 is -0.157.